The largest absolute Gasteiger partial charge is 0.468 e. The Balaban J connectivity index is 1.25. The van der Waals surface area contributed by atoms with E-state index in [2.05, 4.69) is 193 Å². The van der Waals surface area contributed by atoms with Crippen LogP contribution in [0.3, 0.4) is 0 Å². The highest BCUT2D eigenvalue weighted by atomic mass is 19.1. The topological polar surface area (TPSA) is 19.6 Å². The lowest BCUT2D eigenvalue weighted by atomic mass is 9.35. The molecule has 72 heavy (non-hydrogen) atoms. The van der Waals surface area contributed by atoms with Crippen molar-refractivity contribution < 1.29 is 8.81 Å². The Bertz CT molecular complexity index is 3460. The number of benzene rings is 6. The predicted octanol–water partition coefficient (Wildman–Crippen LogP) is 17.0. The van der Waals surface area contributed by atoms with Gasteiger partial charge >= 0.3 is 0 Å². The van der Waals surface area contributed by atoms with E-state index in [1.165, 1.54) is 61.1 Å². The van der Waals surface area contributed by atoms with Crippen molar-refractivity contribution in [3.8, 4) is 11.1 Å². The SMILES string of the molecule is Cc1cc2c3c(c1)N(c1ccc4c(c1)C(C)(C)CCC4(C)C)c1c(oc4ccc(C(C)(C)C)cc14)B3c1cc3c(cc1N2c1cc2c(cc1-c1ccccc1F)C(C)(C)CCC2(C)C)C(C)(C)CCC3(C)C. The fraction of sp³-hybridized carbons (Fsp3) is 0.433. The van der Waals surface area contributed by atoms with Gasteiger partial charge in [-0.3, -0.25) is 0 Å². The number of furan rings is 1. The summed E-state index contributed by atoms with van der Waals surface area (Å²) in [6, 6.07) is 36.6. The quantitative estimate of drug-likeness (QED) is 0.165. The van der Waals surface area contributed by atoms with Gasteiger partial charge in [0.25, 0.3) is 6.71 Å². The van der Waals surface area contributed by atoms with Gasteiger partial charge in [0.1, 0.15) is 11.4 Å². The first kappa shape index (κ1) is 47.5. The summed E-state index contributed by atoms with van der Waals surface area (Å²) in [5, 5.41) is 1.15. The molecule has 0 unspecified atom stereocenters. The summed E-state index contributed by atoms with van der Waals surface area (Å²) in [6.07, 6.45) is 6.66. The molecule has 3 nitrogen and oxygen atoms in total. The number of hydrogen-bond donors (Lipinski definition) is 0. The predicted molar refractivity (Wildman–Crippen MR) is 305 cm³/mol. The van der Waals surface area contributed by atoms with Crippen LogP contribution in [0, 0.1) is 12.7 Å². The highest BCUT2D eigenvalue weighted by Crippen LogP contribution is 2.56. The lowest BCUT2D eigenvalue weighted by molar-refractivity contribution is 0.332. The zero-order chi connectivity index (χ0) is 51.2. The van der Waals surface area contributed by atoms with E-state index in [9.17, 15) is 0 Å². The molecular weight excluding hydrogens is 879 g/mol. The Morgan fingerprint density at radius 2 is 1.01 bits per heavy atom. The first-order valence-corrected chi connectivity index (χ1v) is 27.2. The number of anilines is 6. The molecule has 3 aliphatic carbocycles. The lowest BCUT2D eigenvalue weighted by Gasteiger charge is -2.48. The number of hydrogen-bond acceptors (Lipinski definition) is 3. The maximum absolute atomic E-state index is 16.8. The van der Waals surface area contributed by atoms with Gasteiger partial charge in [-0.15, -0.1) is 0 Å². The Hall–Kier alpha value is -5.55. The third-order valence-corrected chi connectivity index (χ3v) is 19.1. The second kappa shape index (κ2) is 15.0. The van der Waals surface area contributed by atoms with Gasteiger partial charge in [-0.1, -0.05) is 140 Å². The molecule has 0 saturated heterocycles. The average molecular weight is 955 g/mol. The van der Waals surface area contributed by atoms with Crippen LogP contribution in [0.15, 0.2) is 101 Å². The Labute approximate surface area is 430 Å². The summed E-state index contributed by atoms with van der Waals surface area (Å²) in [6.45, 7) is 38.1. The van der Waals surface area contributed by atoms with E-state index in [0.717, 1.165) is 89.2 Å². The van der Waals surface area contributed by atoms with Gasteiger partial charge in [-0.05, 0) is 199 Å². The molecule has 5 aliphatic rings. The summed E-state index contributed by atoms with van der Waals surface area (Å²) in [4.78, 5) is 5.16. The van der Waals surface area contributed by atoms with Crippen LogP contribution in [0.5, 0.6) is 0 Å². The number of nitrogens with zero attached hydrogens (tertiary/aromatic N) is 2. The number of aryl methyl sites for hydroxylation is 1. The Morgan fingerprint density at radius 3 is 1.60 bits per heavy atom. The molecule has 0 N–H and O–H groups in total. The monoisotopic (exact) mass is 955 g/mol. The molecule has 12 rings (SSSR count). The van der Waals surface area contributed by atoms with Crippen molar-refractivity contribution in [1.29, 1.82) is 0 Å². The van der Waals surface area contributed by atoms with E-state index in [0.29, 0.717) is 5.56 Å². The van der Waals surface area contributed by atoms with Gasteiger partial charge in [0.05, 0.1) is 17.0 Å². The Kier molecular flexibility index (Phi) is 9.91. The molecule has 0 saturated carbocycles. The number of fused-ring (bicyclic) bond motifs is 9. The fourth-order valence-corrected chi connectivity index (χ4v) is 14.1. The van der Waals surface area contributed by atoms with E-state index in [4.69, 9.17) is 4.42 Å². The van der Waals surface area contributed by atoms with Crippen molar-refractivity contribution in [3.63, 3.8) is 0 Å². The summed E-state index contributed by atoms with van der Waals surface area (Å²) >= 11 is 0. The first-order valence-electron chi connectivity index (χ1n) is 27.2. The van der Waals surface area contributed by atoms with Gasteiger partial charge in [-0.25, -0.2) is 4.39 Å². The standard InChI is InChI=1S/C67H76BFN2O/c1-39-31-55-58-56(32-39)71(53-37-49-47(64(9,10)27-29-66(49,13)14)35-43(53)42-19-17-18-20-52(42)69)54-38-50-48(65(11,12)28-30-67(50,15)16)36-51(54)68(58)60-59(44-33-40(61(2,3)4)21-24-57(44)72-60)70(55)41-22-23-45-46(34-41)63(7,8)26-25-62(45,5)6/h17-24,31-38H,25-30H2,1-16H3. The van der Waals surface area contributed by atoms with E-state index in [-0.39, 0.29) is 50.4 Å². The molecule has 6 aromatic carbocycles. The molecule has 0 spiro atoms. The summed E-state index contributed by atoms with van der Waals surface area (Å²) < 4.78 is 24.4. The Morgan fingerprint density at radius 1 is 0.500 bits per heavy atom. The fourth-order valence-electron chi connectivity index (χ4n) is 14.1. The summed E-state index contributed by atoms with van der Waals surface area (Å²) in [7, 11) is 0. The molecule has 3 heterocycles. The van der Waals surface area contributed by atoms with Gasteiger partial charge < -0.3 is 14.2 Å². The normalized spacial score (nSPS) is 20.3. The highest BCUT2D eigenvalue weighted by Gasteiger charge is 2.50. The zero-order valence-corrected chi connectivity index (χ0v) is 46.2. The van der Waals surface area contributed by atoms with Crippen molar-refractivity contribution >= 4 is 68.4 Å². The van der Waals surface area contributed by atoms with Crippen LogP contribution < -0.4 is 26.4 Å². The van der Waals surface area contributed by atoms with Gasteiger partial charge in [0, 0.05) is 39.3 Å². The second-order valence-corrected chi connectivity index (χ2v) is 28.0. The molecule has 0 radical (unpaired) electrons. The van der Waals surface area contributed by atoms with Gasteiger partial charge in [0.15, 0.2) is 0 Å². The van der Waals surface area contributed by atoms with Crippen LogP contribution in [0.2, 0.25) is 0 Å². The maximum Gasteiger partial charge on any atom is 0.297 e. The van der Waals surface area contributed by atoms with Crippen LogP contribution >= 0.6 is 0 Å². The van der Waals surface area contributed by atoms with Gasteiger partial charge in [0.2, 0.25) is 0 Å². The second-order valence-electron chi connectivity index (χ2n) is 28.0. The van der Waals surface area contributed by atoms with E-state index >= 15 is 4.39 Å². The first-order chi connectivity index (χ1) is 33.6. The molecule has 0 fully saturated rings. The molecule has 1 aromatic heterocycles. The molecule has 0 amide bonds. The van der Waals surface area contributed by atoms with Crippen LogP contribution in [0.4, 0.5) is 38.5 Å². The lowest BCUT2D eigenvalue weighted by Crippen LogP contribution is -2.61. The summed E-state index contributed by atoms with van der Waals surface area (Å²) in [5.74, 6) is -0.201. The van der Waals surface area contributed by atoms with Crippen molar-refractivity contribution in [2.45, 2.75) is 187 Å². The van der Waals surface area contributed by atoms with Crippen LogP contribution in [-0.4, -0.2) is 6.71 Å². The van der Waals surface area contributed by atoms with Crippen LogP contribution in [-0.2, 0) is 37.9 Å². The maximum atomic E-state index is 16.8. The molecule has 2 aliphatic heterocycles. The van der Waals surface area contributed by atoms with E-state index in [1.54, 1.807) is 6.07 Å². The minimum absolute atomic E-state index is 0.0131. The molecule has 5 heteroatoms. The van der Waals surface area contributed by atoms with E-state index in [1.807, 2.05) is 18.2 Å². The molecule has 7 aromatic rings. The number of halogens is 1. The molecule has 0 bridgehead atoms. The van der Waals surface area contributed by atoms with Gasteiger partial charge in [-0.2, -0.15) is 0 Å². The van der Waals surface area contributed by atoms with Crippen LogP contribution in [0.25, 0.3) is 22.1 Å². The highest BCUT2D eigenvalue weighted by molar-refractivity contribution is 7.00. The minimum Gasteiger partial charge on any atom is -0.468 e. The van der Waals surface area contributed by atoms with Crippen LogP contribution in [0.1, 0.15) is 187 Å². The van der Waals surface area contributed by atoms with E-state index < -0.39 is 0 Å². The summed E-state index contributed by atoms with van der Waals surface area (Å²) in [5.41, 5.74) is 23.4. The smallest absolute Gasteiger partial charge is 0.297 e. The molecule has 370 valence electrons. The van der Waals surface area contributed by atoms with Crippen molar-refractivity contribution in [3.05, 3.63) is 147 Å². The average Bonchev–Trinajstić information content (AvgIpc) is 3.68. The third kappa shape index (κ3) is 6.86. The third-order valence-electron chi connectivity index (χ3n) is 19.1. The van der Waals surface area contributed by atoms with Crippen molar-refractivity contribution in [1.82, 2.24) is 0 Å². The minimum atomic E-state index is -0.206. The zero-order valence-electron chi connectivity index (χ0n) is 46.2. The molecular formula is C67H76BFN2O. The number of rotatable bonds is 3. The molecule has 0 atom stereocenters. The van der Waals surface area contributed by atoms with Crippen molar-refractivity contribution in [2.24, 2.45) is 0 Å². The van der Waals surface area contributed by atoms with Crippen molar-refractivity contribution in [2.75, 3.05) is 9.80 Å².